The molecule has 0 fully saturated rings. The van der Waals surface area contributed by atoms with Gasteiger partial charge in [0.05, 0.1) is 0 Å². The number of rotatable bonds is 8. The second-order valence-electron chi connectivity index (χ2n) is 6.19. The van der Waals surface area contributed by atoms with Gasteiger partial charge in [0, 0.05) is 24.6 Å². The van der Waals surface area contributed by atoms with E-state index in [1.807, 2.05) is 32.0 Å². The molecule has 4 heteroatoms. The van der Waals surface area contributed by atoms with Crippen LogP contribution in [0, 0.1) is 5.92 Å². The van der Waals surface area contributed by atoms with Crippen LogP contribution in [-0.2, 0) is 11.3 Å². The van der Waals surface area contributed by atoms with E-state index in [-0.39, 0.29) is 17.9 Å². The van der Waals surface area contributed by atoms with Crippen molar-refractivity contribution in [1.82, 2.24) is 10.6 Å². The van der Waals surface area contributed by atoms with Crippen LogP contribution >= 0.6 is 0 Å². The molecule has 0 aliphatic heterocycles. The number of nitrogens with one attached hydrogen (secondary N) is 2. The number of carbonyl (C=O) groups excluding carboxylic acids is 2. The van der Waals surface area contributed by atoms with Gasteiger partial charge in [-0.1, -0.05) is 32.9 Å². The van der Waals surface area contributed by atoms with E-state index < -0.39 is 0 Å². The van der Waals surface area contributed by atoms with Gasteiger partial charge in [0.1, 0.15) is 0 Å². The molecule has 22 heavy (non-hydrogen) atoms. The molecule has 1 rings (SSSR count). The summed E-state index contributed by atoms with van der Waals surface area (Å²) in [5.74, 6) is 0.517. The van der Waals surface area contributed by atoms with Gasteiger partial charge in [0.25, 0.3) is 5.91 Å². The normalized spacial score (nSPS) is 12.0. The van der Waals surface area contributed by atoms with Crippen molar-refractivity contribution in [2.75, 3.05) is 0 Å². The Morgan fingerprint density at radius 2 is 1.91 bits per heavy atom. The van der Waals surface area contributed by atoms with Crippen LogP contribution in [0.2, 0.25) is 0 Å². The minimum Gasteiger partial charge on any atom is -0.352 e. The van der Waals surface area contributed by atoms with Crippen LogP contribution in [-0.4, -0.2) is 17.9 Å². The Balaban J connectivity index is 2.53. The van der Waals surface area contributed by atoms with E-state index in [2.05, 4.69) is 24.5 Å². The van der Waals surface area contributed by atoms with Crippen LogP contribution in [0.4, 0.5) is 0 Å². The van der Waals surface area contributed by atoms with Crippen LogP contribution in [0.5, 0.6) is 0 Å². The van der Waals surface area contributed by atoms with Gasteiger partial charge in [-0.3, -0.25) is 9.59 Å². The fraction of sp³-hybridized carbons (Fsp3) is 0.556. The standard InChI is InChI=1S/C18H28N2O2/c1-5-14(4)20-18(22)16-8-6-7-15(11-16)12-19-17(21)10-9-13(2)3/h6-8,11,13-14H,5,9-10,12H2,1-4H3,(H,19,21)(H,20,22). The van der Waals surface area contributed by atoms with Crippen molar-refractivity contribution in [2.45, 2.75) is 59.5 Å². The van der Waals surface area contributed by atoms with E-state index in [4.69, 9.17) is 0 Å². The predicted octanol–water partition coefficient (Wildman–Crippen LogP) is 3.27. The Kier molecular flexibility index (Phi) is 7.64. The molecule has 0 heterocycles. The molecule has 4 nitrogen and oxygen atoms in total. The van der Waals surface area contributed by atoms with E-state index >= 15 is 0 Å². The van der Waals surface area contributed by atoms with Gasteiger partial charge in [-0.25, -0.2) is 0 Å². The van der Waals surface area contributed by atoms with Crippen LogP contribution in [0.3, 0.4) is 0 Å². The van der Waals surface area contributed by atoms with Crippen molar-refractivity contribution in [1.29, 1.82) is 0 Å². The summed E-state index contributed by atoms with van der Waals surface area (Å²) in [5, 5.41) is 5.85. The summed E-state index contributed by atoms with van der Waals surface area (Å²) in [6, 6.07) is 7.55. The average molecular weight is 304 g/mol. The van der Waals surface area contributed by atoms with Gasteiger partial charge in [0.2, 0.25) is 5.91 Å². The molecule has 0 saturated heterocycles. The highest BCUT2D eigenvalue weighted by Crippen LogP contribution is 2.07. The third-order valence-electron chi connectivity index (χ3n) is 3.62. The first-order chi connectivity index (χ1) is 10.4. The van der Waals surface area contributed by atoms with Crippen molar-refractivity contribution in [3.8, 4) is 0 Å². The molecule has 0 saturated carbocycles. The van der Waals surface area contributed by atoms with Crippen molar-refractivity contribution in [3.05, 3.63) is 35.4 Å². The van der Waals surface area contributed by atoms with E-state index in [9.17, 15) is 9.59 Å². The van der Waals surface area contributed by atoms with Crippen LogP contribution < -0.4 is 10.6 Å². The molecule has 2 N–H and O–H groups in total. The Morgan fingerprint density at radius 1 is 1.18 bits per heavy atom. The monoisotopic (exact) mass is 304 g/mol. The van der Waals surface area contributed by atoms with E-state index in [1.165, 1.54) is 0 Å². The van der Waals surface area contributed by atoms with Crippen LogP contribution in [0.1, 0.15) is 62.9 Å². The van der Waals surface area contributed by atoms with Crippen LogP contribution in [0.25, 0.3) is 0 Å². The topological polar surface area (TPSA) is 58.2 Å². The molecular formula is C18H28N2O2. The smallest absolute Gasteiger partial charge is 0.251 e. The summed E-state index contributed by atoms with van der Waals surface area (Å²) < 4.78 is 0. The van der Waals surface area contributed by atoms with Crippen molar-refractivity contribution in [2.24, 2.45) is 5.92 Å². The Labute approximate surface area is 133 Å². The van der Waals surface area contributed by atoms with Gasteiger partial charge in [0.15, 0.2) is 0 Å². The predicted molar refractivity (Wildman–Crippen MR) is 89.6 cm³/mol. The zero-order chi connectivity index (χ0) is 16.5. The lowest BCUT2D eigenvalue weighted by Gasteiger charge is -2.12. The number of hydrogen-bond donors (Lipinski definition) is 2. The highest BCUT2D eigenvalue weighted by atomic mass is 16.2. The zero-order valence-electron chi connectivity index (χ0n) is 14.1. The highest BCUT2D eigenvalue weighted by molar-refractivity contribution is 5.94. The lowest BCUT2D eigenvalue weighted by molar-refractivity contribution is -0.121. The fourth-order valence-electron chi connectivity index (χ4n) is 1.94. The Hall–Kier alpha value is -1.84. The Bertz CT molecular complexity index is 498. The average Bonchev–Trinajstić information content (AvgIpc) is 2.50. The summed E-state index contributed by atoms with van der Waals surface area (Å²) in [6.45, 7) is 8.69. The maximum Gasteiger partial charge on any atom is 0.251 e. The minimum absolute atomic E-state index is 0.0585. The minimum atomic E-state index is -0.0673. The van der Waals surface area contributed by atoms with Crippen molar-refractivity contribution in [3.63, 3.8) is 0 Å². The van der Waals surface area contributed by atoms with E-state index in [1.54, 1.807) is 6.07 Å². The molecule has 0 radical (unpaired) electrons. The first-order valence-electron chi connectivity index (χ1n) is 8.08. The van der Waals surface area contributed by atoms with Crippen molar-refractivity contribution >= 4 is 11.8 Å². The zero-order valence-corrected chi connectivity index (χ0v) is 14.1. The second-order valence-corrected chi connectivity index (χ2v) is 6.19. The first kappa shape index (κ1) is 18.2. The summed E-state index contributed by atoms with van der Waals surface area (Å²) in [7, 11) is 0. The second kappa shape index (κ2) is 9.23. The molecule has 1 atom stereocenters. The number of carbonyl (C=O) groups is 2. The first-order valence-corrected chi connectivity index (χ1v) is 8.08. The lowest BCUT2D eigenvalue weighted by atomic mass is 10.1. The summed E-state index contributed by atoms with van der Waals surface area (Å²) in [6.07, 6.45) is 2.34. The maximum atomic E-state index is 12.1. The lowest BCUT2D eigenvalue weighted by Crippen LogP contribution is -2.32. The van der Waals surface area contributed by atoms with Gasteiger partial charge in [-0.2, -0.15) is 0 Å². The van der Waals surface area contributed by atoms with Gasteiger partial charge < -0.3 is 10.6 Å². The van der Waals surface area contributed by atoms with Crippen LogP contribution in [0.15, 0.2) is 24.3 Å². The number of hydrogen-bond acceptors (Lipinski definition) is 2. The summed E-state index contributed by atoms with van der Waals surface area (Å²) in [5.41, 5.74) is 1.57. The molecule has 0 spiro atoms. The molecule has 0 aliphatic rings. The molecule has 0 aliphatic carbocycles. The molecular weight excluding hydrogens is 276 g/mol. The third kappa shape index (κ3) is 6.74. The molecule has 0 bridgehead atoms. The molecule has 122 valence electrons. The molecule has 2 amide bonds. The highest BCUT2D eigenvalue weighted by Gasteiger charge is 2.09. The molecule has 0 aromatic heterocycles. The van der Waals surface area contributed by atoms with E-state index in [0.29, 0.717) is 24.4 Å². The molecule has 1 aromatic carbocycles. The summed E-state index contributed by atoms with van der Waals surface area (Å²) >= 11 is 0. The number of benzene rings is 1. The fourth-order valence-corrected chi connectivity index (χ4v) is 1.94. The van der Waals surface area contributed by atoms with Gasteiger partial charge >= 0.3 is 0 Å². The van der Waals surface area contributed by atoms with E-state index in [0.717, 1.165) is 18.4 Å². The van der Waals surface area contributed by atoms with Gasteiger partial charge in [-0.15, -0.1) is 0 Å². The Morgan fingerprint density at radius 3 is 2.55 bits per heavy atom. The van der Waals surface area contributed by atoms with Crippen molar-refractivity contribution < 1.29 is 9.59 Å². The largest absolute Gasteiger partial charge is 0.352 e. The third-order valence-corrected chi connectivity index (χ3v) is 3.62. The quantitative estimate of drug-likeness (QED) is 0.774. The van der Waals surface area contributed by atoms with Gasteiger partial charge in [-0.05, 0) is 43.4 Å². The molecule has 1 aromatic rings. The number of amides is 2. The summed E-state index contributed by atoms with van der Waals surface area (Å²) in [4.78, 5) is 23.8. The maximum absolute atomic E-state index is 12.1. The molecule has 1 unspecified atom stereocenters. The SMILES string of the molecule is CCC(C)NC(=O)c1cccc(CNC(=O)CCC(C)C)c1.